The van der Waals surface area contributed by atoms with E-state index in [2.05, 4.69) is 4.72 Å². The third-order valence-corrected chi connectivity index (χ3v) is 3.07. The van der Waals surface area contributed by atoms with E-state index in [0.717, 1.165) is 6.26 Å². The number of hydrogen-bond acceptors (Lipinski definition) is 4. The molecule has 0 heterocycles. The zero-order chi connectivity index (χ0) is 13.9. The van der Waals surface area contributed by atoms with Crippen molar-refractivity contribution in [1.29, 1.82) is 0 Å². The number of carbonyl (C=O) groups excluding carboxylic acids is 1. The summed E-state index contributed by atoms with van der Waals surface area (Å²) >= 11 is 0. The summed E-state index contributed by atoms with van der Waals surface area (Å²) in [6, 6.07) is 0. The van der Waals surface area contributed by atoms with Gasteiger partial charge in [-0.3, -0.25) is 4.79 Å². The molecule has 1 atom stereocenters. The van der Waals surface area contributed by atoms with E-state index in [0.29, 0.717) is 6.42 Å². The minimum Gasteiger partial charge on any atom is -0.460 e. The lowest BCUT2D eigenvalue weighted by Gasteiger charge is -2.30. The molecule has 0 aliphatic rings. The lowest BCUT2D eigenvalue weighted by atomic mass is 9.88. The van der Waals surface area contributed by atoms with E-state index >= 15 is 0 Å². The third-order valence-electron chi connectivity index (χ3n) is 2.40. The summed E-state index contributed by atoms with van der Waals surface area (Å²) in [5, 5.41) is 0. The van der Waals surface area contributed by atoms with Crippen molar-refractivity contribution in [2.24, 2.45) is 5.41 Å². The first-order chi connectivity index (χ1) is 7.40. The number of nitrogens with one attached hydrogen (secondary N) is 1. The molecule has 0 saturated carbocycles. The van der Waals surface area contributed by atoms with Crippen LogP contribution in [0.5, 0.6) is 0 Å². The van der Waals surface area contributed by atoms with Crippen LogP contribution in [0.1, 0.15) is 41.0 Å². The molecule has 0 fully saturated rings. The molecule has 17 heavy (non-hydrogen) atoms. The molecule has 0 aromatic carbocycles. The minimum absolute atomic E-state index is 0.0528. The maximum Gasteiger partial charge on any atom is 0.313 e. The Labute approximate surface area is 104 Å². The van der Waals surface area contributed by atoms with Crippen LogP contribution < -0.4 is 4.72 Å². The Bertz CT molecular complexity index is 369. The summed E-state index contributed by atoms with van der Waals surface area (Å²) in [4.78, 5) is 12.0. The first-order valence-corrected chi connectivity index (χ1v) is 7.47. The summed E-state index contributed by atoms with van der Waals surface area (Å²) in [5.41, 5.74) is -1.41. The molecule has 5 nitrogen and oxygen atoms in total. The maximum atomic E-state index is 12.0. The standard InChI is InChI=1S/C11H23NO4S/c1-7-11(5,8-12-17(6,14)15)9(13)16-10(2,3)4/h12H,7-8H2,1-6H3. The fourth-order valence-electron chi connectivity index (χ4n) is 1.03. The second-order valence-electron chi connectivity index (χ2n) is 5.51. The van der Waals surface area contributed by atoms with Crippen molar-refractivity contribution in [3.8, 4) is 0 Å². The third kappa shape index (κ3) is 6.63. The van der Waals surface area contributed by atoms with Crippen LogP contribution in [0.3, 0.4) is 0 Å². The minimum atomic E-state index is -3.30. The molecule has 0 bridgehead atoms. The molecule has 0 aliphatic heterocycles. The van der Waals surface area contributed by atoms with E-state index in [4.69, 9.17) is 4.74 Å². The van der Waals surface area contributed by atoms with E-state index in [1.54, 1.807) is 27.7 Å². The van der Waals surface area contributed by atoms with Crippen molar-refractivity contribution in [2.75, 3.05) is 12.8 Å². The van der Waals surface area contributed by atoms with Crippen LogP contribution in [0.4, 0.5) is 0 Å². The summed E-state index contributed by atoms with van der Waals surface area (Å²) in [6.07, 6.45) is 1.57. The highest BCUT2D eigenvalue weighted by Gasteiger charge is 2.36. The number of sulfonamides is 1. The van der Waals surface area contributed by atoms with Crippen LogP contribution in [-0.2, 0) is 19.6 Å². The second kappa shape index (κ2) is 5.35. The molecular formula is C11H23NO4S. The van der Waals surface area contributed by atoms with E-state index in [1.165, 1.54) is 0 Å². The lowest BCUT2D eigenvalue weighted by molar-refractivity contribution is -0.166. The lowest BCUT2D eigenvalue weighted by Crippen LogP contribution is -2.43. The average Bonchev–Trinajstić information content (AvgIpc) is 2.10. The molecule has 0 rings (SSSR count). The number of esters is 1. The molecule has 0 aromatic heterocycles. The zero-order valence-electron chi connectivity index (χ0n) is 11.5. The molecule has 0 radical (unpaired) electrons. The maximum absolute atomic E-state index is 12.0. The van der Waals surface area contributed by atoms with Crippen LogP contribution in [0, 0.1) is 5.41 Å². The SMILES string of the molecule is CCC(C)(CNS(C)(=O)=O)C(=O)OC(C)(C)C. The van der Waals surface area contributed by atoms with Gasteiger partial charge in [-0.2, -0.15) is 0 Å². The van der Waals surface area contributed by atoms with Gasteiger partial charge in [-0.1, -0.05) is 6.92 Å². The van der Waals surface area contributed by atoms with Crippen molar-refractivity contribution in [3.63, 3.8) is 0 Å². The monoisotopic (exact) mass is 265 g/mol. The predicted molar refractivity (Wildman–Crippen MR) is 67.1 cm³/mol. The van der Waals surface area contributed by atoms with E-state index in [1.807, 2.05) is 6.92 Å². The molecule has 0 spiro atoms. The van der Waals surface area contributed by atoms with Gasteiger partial charge in [-0.15, -0.1) is 0 Å². The van der Waals surface area contributed by atoms with Crippen LogP contribution in [0.15, 0.2) is 0 Å². The number of ether oxygens (including phenoxy) is 1. The highest BCUT2D eigenvalue weighted by atomic mass is 32.2. The molecule has 0 aromatic rings. The van der Waals surface area contributed by atoms with E-state index in [9.17, 15) is 13.2 Å². The molecule has 0 aliphatic carbocycles. The average molecular weight is 265 g/mol. The van der Waals surface area contributed by atoms with Gasteiger partial charge in [-0.05, 0) is 34.1 Å². The van der Waals surface area contributed by atoms with Crippen LogP contribution >= 0.6 is 0 Å². The summed E-state index contributed by atoms with van der Waals surface area (Å²) in [7, 11) is -3.30. The van der Waals surface area contributed by atoms with Crippen molar-refractivity contribution >= 4 is 16.0 Å². The molecule has 1 N–H and O–H groups in total. The fourth-order valence-corrected chi connectivity index (χ4v) is 1.61. The van der Waals surface area contributed by atoms with Crippen LogP contribution in [0.2, 0.25) is 0 Å². The number of hydrogen-bond donors (Lipinski definition) is 1. The smallest absolute Gasteiger partial charge is 0.313 e. The van der Waals surface area contributed by atoms with Crippen LogP contribution in [-0.4, -0.2) is 32.8 Å². The van der Waals surface area contributed by atoms with Crippen molar-refractivity contribution in [3.05, 3.63) is 0 Å². The Kier molecular flexibility index (Phi) is 5.16. The fraction of sp³-hybridized carbons (Fsp3) is 0.909. The summed E-state index contributed by atoms with van der Waals surface area (Å²) in [6.45, 7) is 8.92. The van der Waals surface area contributed by atoms with Crippen molar-refractivity contribution in [2.45, 2.75) is 46.6 Å². The van der Waals surface area contributed by atoms with Gasteiger partial charge in [0.05, 0.1) is 11.7 Å². The van der Waals surface area contributed by atoms with Gasteiger partial charge in [-0.25, -0.2) is 13.1 Å². The molecule has 0 saturated heterocycles. The van der Waals surface area contributed by atoms with Gasteiger partial charge >= 0.3 is 5.97 Å². The zero-order valence-corrected chi connectivity index (χ0v) is 12.3. The highest BCUT2D eigenvalue weighted by molar-refractivity contribution is 7.88. The number of carbonyl (C=O) groups is 1. The Morgan fingerprint density at radius 2 is 1.71 bits per heavy atom. The molecule has 102 valence electrons. The largest absolute Gasteiger partial charge is 0.460 e. The Hall–Kier alpha value is -0.620. The van der Waals surface area contributed by atoms with E-state index in [-0.39, 0.29) is 12.5 Å². The normalized spacial score (nSPS) is 16.4. The quantitative estimate of drug-likeness (QED) is 0.760. The summed E-state index contributed by atoms with van der Waals surface area (Å²) < 4.78 is 29.7. The van der Waals surface area contributed by atoms with Gasteiger partial charge in [0.15, 0.2) is 0 Å². The van der Waals surface area contributed by atoms with E-state index < -0.39 is 21.0 Å². The Morgan fingerprint density at radius 3 is 2.00 bits per heavy atom. The Balaban J connectivity index is 4.73. The van der Waals surface area contributed by atoms with Gasteiger partial charge in [0.25, 0.3) is 0 Å². The van der Waals surface area contributed by atoms with Crippen LogP contribution in [0.25, 0.3) is 0 Å². The summed E-state index contributed by atoms with van der Waals surface area (Å²) in [5.74, 6) is -0.386. The van der Waals surface area contributed by atoms with Crippen molar-refractivity contribution < 1.29 is 17.9 Å². The van der Waals surface area contributed by atoms with Gasteiger partial charge in [0.2, 0.25) is 10.0 Å². The van der Waals surface area contributed by atoms with Crippen molar-refractivity contribution in [1.82, 2.24) is 4.72 Å². The molecule has 1 unspecified atom stereocenters. The highest BCUT2D eigenvalue weighted by Crippen LogP contribution is 2.25. The molecule has 0 amide bonds. The first kappa shape index (κ1) is 16.4. The topological polar surface area (TPSA) is 72.5 Å². The number of rotatable bonds is 5. The van der Waals surface area contributed by atoms with Gasteiger partial charge in [0, 0.05) is 6.54 Å². The predicted octanol–water partition coefficient (Wildman–Crippen LogP) is 1.29. The molecular weight excluding hydrogens is 242 g/mol. The van der Waals surface area contributed by atoms with Gasteiger partial charge in [0.1, 0.15) is 5.60 Å². The molecule has 6 heteroatoms. The Morgan fingerprint density at radius 1 is 1.24 bits per heavy atom. The van der Waals surface area contributed by atoms with Gasteiger partial charge < -0.3 is 4.74 Å². The second-order valence-corrected chi connectivity index (χ2v) is 7.34. The first-order valence-electron chi connectivity index (χ1n) is 5.58.